The van der Waals surface area contributed by atoms with Crippen LogP contribution in [0.3, 0.4) is 0 Å². The lowest BCUT2D eigenvalue weighted by atomic mass is 10.2. The molecule has 0 fully saturated rings. The largest absolute Gasteiger partial charge is 1.00 e. The summed E-state index contributed by atoms with van der Waals surface area (Å²) in [5, 5.41) is 2.15. The van der Waals surface area contributed by atoms with Crippen molar-refractivity contribution in [3.63, 3.8) is 0 Å². The van der Waals surface area contributed by atoms with E-state index in [1.165, 1.54) is 16.9 Å². The molecule has 0 atom stereocenters. The number of hydrogen-bond acceptors (Lipinski definition) is 2. The molecule has 104 valence electrons. The smallest absolute Gasteiger partial charge is 0.312 e. The number of nitrogens with two attached hydrogens (primary N) is 1. The van der Waals surface area contributed by atoms with E-state index in [4.69, 9.17) is 0 Å². The van der Waals surface area contributed by atoms with Gasteiger partial charge in [-0.1, -0.05) is 53.8 Å². The Balaban J connectivity index is 0.00000147. The molecule has 0 aliphatic rings. The van der Waals surface area contributed by atoms with Gasteiger partial charge < -0.3 is 17.7 Å². The van der Waals surface area contributed by atoms with Crippen molar-refractivity contribution < 1.29 is 17.7 Å². The molecule has 5 heteroatoms. The number of halogens is 1. The third-order valence-corrected chi connectivity index (χ3v) is 4.07. The fourth-order valence-corrected chi connectivity index (χ4v) is 3.06. The van der Waals surface area contributed by atoms with Crippen LogP contribution >= 0.6 is 11.3 Å². The molecule has 0 amide bonds. The van der Waals surface area contributed by atoms with Crippen LogP contribution in [0.15, 0.2) is 59.4 Å². The molecule has 2 N–H and O–H groups in total. The minimum atomic E-state index is 0. The maximum atomic E-state index is 11.9. The van der Waals surface area contributed by atoms with Crippen molar-refractivity contribution in [3.05, 3.63) is 69.8 Å². The van der Waals surface area contributed by atoms with E-state index in [1.807, 2.05) is 47.0 Å². The van der Waals surface area contributed by atoms with Gasteiger partial charge in [0.2, 0.25) is 0 Å². The molecule has 3 rings (SSSR count). The number of aromatic nitrogens is 1. The molecule has 0 aliphatic carbocycles. The fourth-order valence-electron chi connectivity index (χ4n) is 2.16. The molecule has 1 aromatic heterocycles. The maximum Gasteiger partial charge on any atom is 0.312 e. The van der Waals surface area contributed by atoms with E-state index in [0.717, 1.165) is 16.8 Å². The van der Waals surface area contributed by atoms with E-state index in [2.05, 4.69) is 17.4 Å². The molecule has 20 heavy (non-hydrogen) atoms. The summed E-state index contributed by atoms with van der Waals surface area (Å²) in [5.74, 6) is 0. The highest BCUT2D eigenvalue weighted by Crippen LogP contribution is 2.15. The molecule has 2 aromatic carbocycles. The van der Waals surface area contributed by atoms with E-state index >= 15 is 0 Å². The zero-order valence-corrected chi connectivity index (χ0v) is 12.4. The fraction of sp³-hybridized carbons (Fsp3) is 0.133. The van der Waals surface area contributed by atoms with Gasteiger partial charge in [-0.05, 0) is 12.1 Å². The normalized spacial score (nSPS) is 10.4. The molecule has 0 bridgehead atoms. The maximum absolute atomic E-state index is 11.9. The van der Waals surface area contributed by atoms with Gasteiger partial charge in [0.15, 0.2) is 6.67 Å². The van der Waals surface area contributed by atoms with Crippen molar-refractivity contribution in [2.45, 2.75) is 13.2 Å². The van der Waals surface area contributed by atoms with Gasteiger partial charge >= 0.3 is 4.87 Å². The third-order valence-electron chi connectivity index (χ3n) is 3.11. The summed E-state index contributed by atoms with van der Waals surface area (Å²) in [5.41, 5.74) is 2.30. The van der Waals surface area contributed by atoms with E-state index in [-0.39, 0.29) is 17.3 Å². The van der Waals surface area contributed by atoms with Crippen LogP contribution < -0.4 is 22.6 Å². The Kier molecular flexibility index (Phi) is 4.95. The van der Waals surface area contributed by atoms with Crippen LogP contribution in [0.5, 0.6) is 0 Å². The number of quaternary nitrogens is 1. The van der Waals surface area contributed by atoms with Crippen molar-refractivity contribution in [3.8, 4) is 0 Å². The first-order valence-electron chi connectivity index (χ1n) is 6.28. The first-order chi connectivity index (χ1) is 9.34. The number of benzene rings is 2. The average Bonchev–Trinajstić information content (AvgIpc) is 2.76. The first kappa shape index (κ1) is 14.8. The van der Waals surface area contributed by atoms with Crippen molar-refractivity contribution in [1.29, 1.82) is 0 Å². The van der Waals surface area contributed by atoms with Crippen LogP contribution in [0, 0.1) is 0 Å². The number of nitrogens with zero attached hydrogens (tertiary/aromatic N) is 1. The lowest BCUT2D eigenvalue weighted by Crippen LogP contribution is -3.00. The predicted octanol–water partition coefficient (Wildman–Crippen LogP) is -1.21. The SMILES string of the molecule is O=c1sc2ccccc2n1C[NH2+]Cc1ccccc1.[Cl-]. The second kappa shape index (κ2) is 6.70. The van der Waals surface area contributed by atoms with Crippen LogP contribution in [0.25, 0.3) is 10.2 Å². The Bertz CT molecular complexity index is 736. The number of rotatable bonds is 4. The summed E-state index contributed by atoms with van der Waals surface area (Å²) in [6, 6.07) is 18.2. The van der Waals surface area contributed by atoms with Gasteiger partial charge in [-0.25, -0.2) is 0 Å². The molecular formula is C15H15ClN2OS. The van der Waals surface area contributed by atoms with Crippen LogP contribution in [-0.2, 0) is 13.2 Å². The molecule has 0 spiro atoms. The summed E-state index contributed by atoms with van der Waals surface area (Å²) in [6.45, 7) is 1.55. The Morgan fingerprint density at radius 3 is 2.50 bits per heavy atom. The van der Waals surface area contributed by atoms with Crippen molar-refractivity contribution in [1.82, 2.24) is 4.57 Å². The second-order valence-electron chi connectivity index (χ2n) is 4.42. The van der Waals surface area contributed by atoms with Gasteiger partial charge in [0, 0.05) is 5.56 Å². The summed E-state index contributed by atoms with van der Waals surface area (Å²) in [7, 11) is 0. The number of fused-ring (bicyclic) bond motifs is 1. The summed E-state index contributed by atoms with van der Waals surface area (Å²) < 4.78 is 2.89. The van der Waals surface area contributed by atoms with Gasteiger partial charge in [0.1, 0.15) is 6.54 Å². The van der Waals surface area contributed by atoms with E-state index in [0.29, 0.717) is 6.67 Å². The van der Waals surface area contributed by atoms with Crippen molar-refractivity contribution >= 4 is 21.6 Å². The molecule has 3 aromatic rings. The highest BCUT2D eigenvalue weighted by molar-refractivity contribution is 7.16. The lowest BCUT2D eigenvalue weighted by molar-refractivity contribution is -0.698. The Hall–Kier alpha value is -1.62. The molecular weight excluding hydrogens is 292 g/mol. The Labute approximate surface area is 127 Å². The highest BCUT2D eigenvalue weighted by Gasteiger charge is 2.07. The third kappa shape index (κ3) is 3.10. The quantitative estimate of drug-likeness (QED) is 0.645. The number of thiazole rings is 1. The van der Waals surface area contributed by atoms with Crippen molar-refractivity contribution in [2.75, 3.05) is 0 Å². The molecule has 0 saturated carbocycles. The van der Waals surface area contributed by atoms with Crippen LogP contribution in [0.2, 0.25) is 0 Å². The number of hydrogen-bond donors (Lipinski definition) is 1. The summed E-state index contributed by atoms with van der Waals surface area (Å²) in [4.78, 5) is 12.1. The first-order valence-corrected chi connectivity index (χ1v) is 7.10. The molecule has 1 heterocycles. The molecule has 3 nitrogen and oxygen atoms in total. The number of para-hydroxylation sites is 1. The molecule has 0 unspecified atom stereocenters. The van der Waals surface area contributed by atoms with Gasteiger partial charge in [-0.2, -0.15) is 0 Å². The van der Waals surface area contributed by atoms with Crippen LogP contribution in [0.1, 0.15) is 5.56 Å². The van der Waals surface area contributed by atoms with Gasteiger partial charge in [0.05, 0.1) is 10.2 Å². The summed E-state index contributed by atoms with van der Waals surface area (Å²) >= 11 is 1.31. The van der Waals surface area contributed by atoms with Crippen LogP contribution in [-0.4, -0.2) is 4.57 Å². The average molecular weight is 307 g/mol. The molecule has 0 aliphatic heterocycles. The Morgan fingerprint density at radius 1 is 1.00 bits per heavy atom. The minimum Gasteiger partial charge on any atom is -1.00 e. The zero-order valence-electron chi connectivity index (χ0n) is 10.8. The monoisotopic (exact) mass is 306 g/mol. The van der Waals surface area contributed by atoms with Crippen LogP contribution in [0.4, 0.5) is 0 Å². The summed E-state index contributed by atoms with van der Waals surface area (Å²) in [6.07, 6.45) is 0. The highest BCUT2D eigenvalue weighted by atomic mass is 35.5. The molecule has 0 radical (unpaired) electrons. The van der Waals surface area contributed by atoms with E-state index in [9.17, 15) is 4.79 Å². The van der Waals surface area contributed by atoms with Crippen molar-refractivity contribution in [2.24, 2.45) is 0 Å². The van der Waals surface area contributed by atoms with Gasteiger partial charge in [-0.15, -0.1) is 0 Å². The predicted molar refractivity (Wildman–Crippen MR) is 78.2 cm³/mol. The second-order valence-corrected chi connectivity index (χ2v) is 5.42. The zero-order chi connectivity index (χ0) is 13.1. The van der Waals surface area contributed by atoms with E-state index < -0.39 is 0 Å². The Morgan fingerprint density at radius 2 is 1.70 bits per heavy atom. The van der Waals surface area contributed by atoms with Gasteiger partial charge in [0.25, 0.3) is 0 Å². The van der Waals surface area contributed by atoms with Gasteiger partial charge in [-0.3, -0.25) is 9.36 Å². The topological polar surface area (TPSA) is 38.6 Å². The van der Waals surface area contributed by atoms with E-state index in [1.54, 1.807) is 0 Å². The minimum absolute atomic E-state index is 0. The standard InChI is InChI=1S/C15H14N2OS.ClH/c18-15-17(13-8-4-5-9-14(13)19-15)11-16-10-12-6-2-1-3-7-12;/h1-9,16H,10-11H2;1H. The lowest BCUT2D eigenvalue weighted by Gasteiger charge is -2.03. The molecule has 0 saturated heterocycles.